The van der Waals surface area contributed by atoms with Crippen molar-refractivity contribution in [2.45, 2.75) is 26.4 Å². The van der Waals surface area contributed by atoms with Crippen LogP contribution in [0.5, 0.6) is 5.75 Å². The maximum absolute atomic E-state index is 11.7. The molecule has 0 spiro atoms. The van der Waals surface area contributed by atoms with Crippen LogP contribution >= 0.6 is 0 Å². The van der Waals surface area contributed by atoms with E-state index in [4.69, 9.17) is 15.1 Å². The van der Waals surface area contributed by atoms with Gasteiger partial charge in [0, 0.05) is 16.8 Å². The SMILES string of the molecule is CCC(Oc1ccccc1-c1cc(C#N)c(=O)[nH]c1C)C(=O)O. The Bertz CT molecular complexity index is 833. The second-order valence-electron chi connectivity index (χ2n) is 5.01. The Kier molecular flexibility index (Phi) is 4.82. The minimum atomic E-state index is -1.04. The number of nitrogens with one attached hydrogen (secondary N) is 1. The van der Waals surface area contributed by atoms with Crippen molar-refractivity contribution in [3.8, 4) is 22.9 Å². The average Bonchev–Trinajstić information content (AvgIpc) is 2.53. The lowest BCUT2D eigenvalue weighted by Crippen LogP contribution is -2.26. The smallest absolute Gasteiger partial charge is 0.344 e. The molecular weight excluding hydrogens is 296 g/mol. The molecule has 0 bridgehead atoms. The zero-order valence-corrected chi connectivity index (χ0v) is 12.8. The summed E-state index contributed by atoms with van der Waals surface area (Å²) in [5.74, 6) is -0.654. The van der Waals surface area contributed by atoms with E-state index >= 15 is 0 Å². The maximum atomic E-state index is 11.7. The van der Waals surface area contributed by atoms with Gasteiger partial charge in [0.05, 0.1) is 0 Å². The summed E-state index contributed by atoms with van der Waals surface area (Å²) < 4.78 is 5.59. The van der Waals surface area contributed by atoms with E-state index in [1.54, 1.807) is 38.1 Å². The number of carboxylic acids is 1. The quantitative estimate of drug-likeness (QED) is 0.882. The number of hydrogen-bond donors (Lipinski definition) is 2. The molecule has 0 aliphatic rings. The van der Waals surface area contributed by atoms with Gasteiger partial charge in [-0.3, -0.25) is 4.79 Å². The number of aliphatic carboxylic acids is 1. The van der Waals surface area contributed by atoms with Crippen molar-refractivity contribution in [1.82, 2.24) is 4.98 Å². The summed E-state index contributed by atoms with van der Waals surface area (Å²) in [4.78, 5) is 25.5. The van der Waals surface area contributed by atoms with Crippen LogP contribution in [-0.2, 0) is 4.79 Å². The zero-order valence-electron chi connectivity index (χ0n) is 12.8. The number of carbonyl (C=O) groups is 1. The van der Waals surface area contributed by atoms with Crippen molar-refractivity contribution in [3.05, 3.63) is 51.9 Å². The summed E-state index contributed by atoms with van der Waals surface area (Å²) in [7, 11) is 0. The van der Waals surface area contributed by atoms with Crippen molar-refractivity contribution in [2.75, 3.05) is 0 Å². The topological polar surface area (TPSA) is 103 Å². The Morgan fingerprint density at radius 1 is 1.39 bits per heavy atom. The van der Waals surface area contributed by atoms with Gasteiger partial charge in [0.25, 0.3) is 5.56 Å². The predicted octanol–water partition coefficient (Wildman–Crippen LogP) is 2.46. The summed E-state index contributed by atoms with van der Waals surface area (Å²) in [6.45, 7) is 3.43. The lowest BCUT2D eigenvalue weighted by molar-refractivity contribution is -0.145. The van der Waals surface area contributed by atoms with E-state index in [1.807, 2.05) is 6.07 Å². The lowest BCUT2D eigenvalue weighted by Gasteiger charge is -2.17. The number of para-hydroxylation sites is 1. The number of pyridine rings is 1. The van der Waals surface area contributed by atoms with Crippen LogP contribution in [-0.4, -0.2) is 22.2 Å². The molecule has 0 aliphatic heterocycles. The van der Waals surface area contributed by atoms with E-state index in [-0.39, 0.29) is 5.56 Å². The summed E-state index contributed by atoms with van der Waals surface area (Å²) in [6, 6.07) is 10.3. The molecule has 0 saturated heterocycles. The van der Waals surface area contributed by atoms with Gasteiger partial charge in [-0.1, -0.05) is 25.1 Å². The van der Waals surface area contributed by atoms with E-state index < -0.39 is 17.6 Å². The van der Waals surface area contributed by atoms with Crippen LogP contribution in [0.15, 0.2) is 35.1 Å². The lowest BCUT2D eigenvalue weighted by atomic mass is 10.0. The molecule has 2 N–H and O–H groups in total. The number of carboxylic acid groups (broad SMARTS) is 1. The monoisotopic (exact) mass is 312 g/mol. The highest BCUT2D eigenvalue weighted by Crippen LogP contribution is 2.32. The first kappa shape index (κ1) is 16.3. The van der Waals surface area contributed by atoms with Gasteiger partial charge in [-0.05, 0) is 25.5 Å². The molecule has 6 heteroatoms. The molecule has 118 valence electrons. The Morgan fingerprint density at radius 2 is 2.09 bits per heavy atom. The molecule has 0 amide bonds. The van der Waals surface area contributed by atoms with Crippen molar-refractivity contribution in [1.29, 1.82) is 5.26 Å². The van der Waals surface area contributed by atoms with Crippen LogP contribution in [0, 0.1) is 18.3 Å². The first-order chi connectivity index (χ1) is 11.0. The Balaban J connectivity index is 2.56. The average molecular weight is 312 g/mol. The molecule has 0 saturated carbocycles. The molecule has 0 fully saturated rings. The van der Waals surface area contributed by atoms with Crippen LogP contribution in [0.25, 0.3) is 11.1 Å². The van der Waals surface area contributed by atoms with Crippen LogP contribution < -0.4 is 10.3 Å². The van der Waals surface area contributed by atoms with Gasteiger partial charge in [-0.2, -0.15) is 5.26 Å². The van der Waals surface area contributed by atoms with Crippen molar-refractivity contribution < 1.29 is 14.6 Å². The summed E-state index contributed by atoms with van der Waals surface area (Å²) in [5, 5.41) is 18.2. The molecule has 0 radical (unpaired) electrons. The standard InChI is InChI=1S/C17H16N2O4/c1-3-14(17(21)22)23-15-7-5-4-6-12(15)13-8-11(9-18)16(20)19-10(13)2/h4-8,14H,3H2,1-2H3,(H,19,20)(H,21,22). The third-order valence-corrected chi connectivity index (χ3v) is 3.45. The number of ether oxygens (including phenoxy) is 1. The molecule has 1 heterocycles. The first-order valence-corrected chi connectivity index (χ1v) is 7.10. The molecule has 2 rings (SSSR count). The largest absolute Gasteiger partial charge is 0.479 e. The van der Waals surface area contributed by atoms with E-state index in [2.05, 4.69) is 4.98 Å². The minimum Gasteiger partial charge on any atom is -0.479 e. The molecule has 23 heavy (non-hydrogen) atoms. The van der Waals surface area contributed by atoms with Crippen molar-refractivity contribution in [2.24, 2.45) is 0 Å². The van der Waals surface area contributed by atoms with Crippen LogP contribution in [0.3, 0.4) is 0 Å². The minimum absolute atomic E-state index is 0.00863. The van der Waals surface area contributed by atoms with Gasteiger partial charge in [0.15, 0.2) is 6.10 Å². The molecule has 0 aliphatic carbocycles. The molecule has 2 aromatic rings. The number of H-pyrrole nitrogens is 1. The van der Waals surface area contributed by atoms with Crippen LogP contribution in [0.1, 0.15) is 24.6 Å². The fraction of sp³-hybridized carbons (Fsp3) is 0.235. The Labute approximate surface area is 133 Å². The van der Waals surface area contributed by atoms with E-state index in [1.165, 1.54) is 6.07 Å². The number of aryl methyl sites for hydroxylation is 1. The second-order valence-corrected chi connectivity index (χ2v) is 5.01. The van der Waals surface area contributed by atoms with Gasteiger partial charge >= 0.3 is 5.97 Å². The summed E-state index contributed by atoms with van der Waals surface area (Å²) in [5.41, 5.74) is 1.36. The summed E-state index contributed by atoms with van der Waals surface area (Å²) in [6.07, 6.45) is -0.646. The fourth-order valence-electron chi connectivity index (χ4n) is 2.24. The van der Waals surface area contributed by atoms with Gasteiger partial charge in [-0.15, -0.1) is 0 Å². The van der Waals surface area contributed by atoms with E-state index in [0.717, 1.165) is 0 Å². The normalized spacial score (nSPS) is 11.5. The number of aromatic nitrogens is 1. The summed E-state index contributed by atoms with van der Waals surface area (Å²) >= 11 is 0. The van der Waals surface area contributed by atoms with Crippen molar-refractivity contribution in [3.63, 3.8) is 0 Å². The number of hydrogen-bond acceptors (Lipinski definition) is 4. The molecule has 1 unspecified atom stereocenters. The number of nitriles is 1. The second kappa shape index (κ2) is 6.79. The third kappa shape index (κ3) is 3.40. The number of nitrogens with zero attached hydrogens (tertiary/aromatic N) is 1. The van der Waals surface area contributed by atoms with E-state index in [9.17, 15) is 9.59 Å². The van der Waals surface area contributed by atoms with Gasteiger partial charge in [0.1, 0.15) is 17.4 Å². The number of rotatable bonds is 5. The molecule has 1 aromatic carbocycles. The molecular formula is C17H16N2O4. The molecule has 1 aromatic heterocycles. The zero-order chi connectivity index (χ0) is 17.0. The molecule has 1 atom stereocenters. The fourth-order valence-corrected chi connectivity index (χ4v) is 2.24. The van der Waals surface area contributed by atoms with Crippen LogP contribution in [0.4, 0.5) is 0 Å². The number of aromatic amines is 1. The third-order valence-electron chi connectivity index (χ3n) is 3.45. The van der Waals surface area contributed by atoms with Crippen LogP contribution in [0.2, 0.25) is 0 Å². The van der Waals surface area contributed by atoms with Crippen molar-refractivity contribution >= 4 is 5.97 Å². The molecule has 6 nitrogen and oxygen atoms in total. The number of benzene rings is 1. The predicted molar refractivity (Wildman–Crippen MR) is 84.3 cm³/mol. The highest BCUT2D eigenvalue weighted by atomic mass is 16.5. The van der Waals surface area contributed by atoms with Gasteiger partial charge in [0.2, 0.25) is 0 Å². The van der Waals surface area contributed by atoms with E-state index in [0.29, 0.717) is 29.0 Å². The highest BCUT2D eigenvalue weighted by Gasteiger charge is 2.19. The van der Waals surface area contributed by atoms with Gasteiger partial charge in [-0.25, -0.2) is 4.79 Å². The first-order valence-electron chi connectivity index (χ1n) is 7.10. The Hall–Kier alpha value is -3.07. The maximum Gasteiger partial charge on any atom is 0.344 e. The Morgan fingerprint density at radius 3 is 2.70 bits per heavy atom. The highest BCUT2D eigenvalue weighted by molar-refractivity contribution is 5.76. The van der Waals surface area contributed by atoms with Gasteiger partial charge < -0.3 is 14.8 Å².